The first-order chi connectivity index (χ1) is 9.50. The predicted octanol–water partition coefficient (Wildman–Crippen LogP) is 4.59. The van der Waals surface area contributed by atoms with Gasteiger partial charge in [-0.3, -0.25) is 0 Å². The van der Waals surface area contributed by atoms with E-state index in [1.165, 1.54) is 10.0 Å². The summed E-state index contributed by atoms with van der Waals surface area (Å²) < 4.78 is 6.91. The normalized spacial score (nSPS) is 13.2. The van der Waals surface area contributed by atoms with Gasteiger partial charge in [0.25, 0.3) is 0 Å². The van der Waals surface area contributed by atoms with Crippen LogP contribution in [0.15, 0.2) is 28.7 Å². The van der Waals surface area contributed by atoms with E-state index in [4.69, 9.17) is 4.74 Å². The Morgan fingerprint density at radius 3 is 2.40 bits per heavy atom. The lowest BCUT2D eigenvalue weighted by atomic mass is 9.96. The summed E-state index contributed by atoms with van der Waals surface area (Å²) in [5.74, 6) is 1.17. The molecule has 0 spiro atoms. The van der Waals surface area contributed by atoms with Gasteiger partial charge in [-0.25, -0.2) is 0 Å². The summed E-state index contributed by atoms with van der Waals surface area (Å²) in [6.45, 7) is 11.5. The molecule has 0 bridgehead atoms. The number of ether oxygens (including phenoxy) is 1. The molecule has 0 aliphatic carbocycles. The van der Waals surface area contributed by atoms with Crippen molar-refractivity contribution >= 4 is 15.9 Å². The van der Waals surface area contributed by atoms with Crippen molar-refractivity contribution in [1.29, 1.82) is 0 Å². The van der Waals surface area contributed by atoms with Crippen LogP contribution in [0.1, 0.15) is 45.6 Å². The largest absolute Gasteiger partial charge is 0.379 e. The lowest BCUT2D eigenvalue weighted by Crippen LogP contribution is -2.26. The minimum absolute atomic E-state index is 0.304. The van der Waals surface area contributed by atoms with Gasteiger partial charge in [-0.2, -0.15) is 0 Å². The van der Waals surface area contributed by atoms with Gasteiger partial charge in [-0.1, -0.05) is 48.0 Å². The van der Waals surface area contributed by atoms with Gasteiger partial charge in [0.2, 0.25) is 0 Å². The van der Waals surface area contributed by atoms with Crippen LogP contribution in [0.25, 0.3) is 0 Å². The van der Waals surface area contributed by atoms with Crippen LogP contribution in [0.5, 0.6) is 0 Å². The summed E-state index contributed by atoms with van der Waals surface area (Å²) in [5.41, 5.74) is 1.37. The van der Waals surface area contributed by atoms with Crippen molar-refractivity contribution in [3.63, 3.8) is 0 Å². The number of hydrogen-bond acceptors (Lipinski definition) is 2. The van der Waals surface area contributed by atoms with Crippen LogP contribution < -0.4 is 5.32 Å². The lowest BCUT2D eigenvalue weighted by Gasteiger charge is -2.21. The Hall–Kier alpha value is -0.380. The first-order valence-corrected chi connectivity index (χ1v) is 8.36. The van der Waals surface area contributed by atoms with Gasteiger partial charge < -0.3 is 10.1 Å². The van der Waals surface area contributed by atoms with E-state index in [1.807, 2.05) is 0 Å². The van der Waals surface area contributed by atoms with Crippen LogP contribution in [0.2, 0.25) is 0 Å². The van der Waals surface area contributed by atoms with Gasteiger partial charge in [0.1, 0.15) is 0 Å². The van der Waals surface area contributed by atoms with Gasteiger partial charge in [0, 0.05) is 17.6 Å². The number of hydrogen-bond donors (Lipinski definition) is 1. The van der Waals surface area contributed by atoms with E-state index in [-0.39, 0.29) is 0 Å². The van der Waals surface area contributed by atoms with Crippen molar-refractivity contribution in [2.24, 2.45) is 5.92 Å². The molecule has 0 fully saturated rings. The van der Waals surface area contributed by atoms with Crippen molar-refractivity contribution in [3.8, 4) is 0 Å². The van der Waals surface area contributed by atoms with Crippen molar-refractivity contribution in [2.45, 2.75) is 46.1 Å². The summed E-state index contributed by atoms with van der Waals surface area (Å²) in [6, 6.07) is 8.50. The minimum atomic E-state index is 0.304. The minimum Gasteiger partial charge on any atom is -0.379 e. The zero-order valence-electron chi connectivity index (χ0n) is 13.2. The van der Waals surface area contributed by atoms with Gasteiger partial charge in [0.05, 0.1) is 6.10 Å². The Morgan fingerprint density at radius 2 is 1.80 bits per heavy atom. The maximum atomic E-state index is 5.72. The van der Waals surface area contributed by atoms with Crippen LogP contribution >= 0.6 is 15.9 Å². The molecule has 3 heteroatoms. The molecule has 0 aliphatic rings. The zero-order valence-corrected chi connectivity index (χ0v) is 14.7. The molecule has 0 radical (unpaired) electrons. The lowest BCUT2D eigenvalue weighted by molar-refractivity contribution is 0.0732. The van der Waals surface area contributed by atoms with E-state index in [0.29, 0.717) is 17.9 Å². The summed E-state index contributed by atoms with van der Waals surface area (Å²) in [6.07, 6.45) is 1.35. The Kier molecular flexibility index (Phi) is 8.43. The first kappa shape index (κ1) is 17.7. The third-order valence-electron chi connectivity index (χ3n) is 3.21. The molecule has 1 rings (SSSR count). The third-order valence-corrected chi connectivity index (χ3v) is 3.93. The van der Waals surface area contributed by atoms with Crippen LogP contribution in [-0.2, 0) is 4.74 Å². The second kappa shape index (κ2) is 9.54. The molecule has 0 saturated heterocycles. The maximum Gasteiger partial charge on any atom is 0.0518 e. The third kappa shape index (κ3) is 6.87. The summed E-state index contributed by atoms with van der Waals surface area (Å²) >= 11 is 3.67. The average molecular weight is 342 g/mol. The molecule has 1 aromatic carbocycles. The number of rotatable bonds is 9. The highest BCUT2D eigenvalue weighted by Gasteiger charge is 2.14. The molecule has 1 atom stereocenters. The average Bonchev–Trinajstić information content (AvgIpc) is 2.37. The molecule has 0 amide bonds. The maximum absolute atomic E-state index is 5.72. The second-order valence-corrected chi connectivity index (χ2v) is 6.83. The second-order valence-electron chi connectivity index (χ2n) is 5.98. The molecule has 2 nitrogen and oxygen atoms in total. The van der Waals surface area contributed by atoms with E-state index in [1.54, 1.807) is 0 Å². The number of benzene rings is 1. The Morgan fingerprint density at radius 1 is 1.10 bits per heavy atom. The summed E-state index contributed by atoms with van der Waals surface area (Å²) in [7, 11) is 0. The number of nitrogens with one attached hydrogen (secondary N) is 1. The molecule has 0 aliphatic heterocycles. The molecular formula is C17H28BrNO. The molecule has 1 aromatic rings. The highest BCUT2D eigenvalue weighted by molar-refractivity contribution is 9.10. The van der Waals surface area contributed by atoms with Crippen LogP contribution in [0.4, 0.5) is 0 Å². The van der Waals surface area contributed by atoms with Gasteiger partial charge in [-0.15, -0.1) is 0 Å². The molecule has 1 unspecified atom stereocenters. The molecule has 0 heterocycles. The summed E-state index contributed by atoms with van der Waals surface area (Å²) in [5, 5.41) is 3.57. The Balaban J connectivity index is 2.61. The van der Waals surface area contributed by atoms with Gasteiger partial charge in [-0.05, 0) is 50.3 Å². The van der Waals surface area contributed by atoms with E-state index >= 15 is 0 Å². The fraction of sp³-hybridized carbons (Fsp3) is 0.647. The van der Waals surface area contributed by atoms with Crippen molar-refractivity contribution in [3.05, 3.63) is 34.3 Å². The quantitative estimate of drug-likeness (QED) is 0.708. The molecule has 114 valence electrons. The standard InChI is InChI=1S/C17H28BrNO/c1-13(2)11-19-12-15(9-10-20-14(3)4)16-7-5-6-8-17(16)18/h5-8,13-15,19H,9-12H2,1-4H3. The zero-order chi connectivity index (χ0) is 15.0. The molecule has 1 N–H and O–H groups in total. The van der Waals surface area contributed by atoms with Crippen molar-refractivity contribution < 1.29 is 4.74 Å². The highest BCUT2D eigenvalue weighted by atomic mass is 79.9. The highest BCUT2D eigenvalue weighted by Crippen LogP contribution is 2.27. The smallest absolute Gasteiger partial charge is 0.0518 e. The van der Waals surface area contributed by atoms with Crippen LogP contribution in [0.3, 0.4) is 0 Å². The monoisotopic (exact) mass is 341 g/mol. The molecule has 0 aromatic heterocycles. The van der Waals surface area contributed by atoms with Gasteiger partial charge >= 0.3 is 0 Å². The fourth-order valence-electron chi connectivity index (χ4n) is 2.17. The Bertz CT molecular complexity index is 365. The number of halogens is 1. The van der Waals surface area contributed by atoms with E-state index in [9.17, 15) is 0 Å². The van der Waals surface area contributed by atoms with Crippen molar-refractivity contribution in [2.75, 3.05) is 19.7 Å². The van der Waals surface area contributed by atoms with Crippen LogP contribution in [-0.4, -0.2) is 25.8 Å². The van der Waals surface area contributed by atoms with Crippen molar-refractivity contribution in [1.82, 2.24) is 5.32 Å². The predicted molar refractivity (Wildman–Crippen MR) is 90.3 cm³/mol. The fourth-order valence-corrected chi connectivity index (χ4v) is 2.77. The van der Waals surface area contributed by atoms with E-state index in [0.717, 1.165) is 26.1 Å². The molecular weight excluding hydrogens is 314 g/mol. The SMILES string of the molecule is CC(C)CNCC(CCOC(C)C)c1ccccc1Br. The summed E-state index contributed by atoms with van der Waals surface area (Å²) in [4.78, 5) is 0. The molecule has 0 saturated carbocycles. The van der Waals surface area contributed by atoms with Gasteiger partial charge in [0.15, 0.2) is 0 Å². The Labute approximate surface area is 132 Å². The van der Waals surface area contributed by atoms with E-state index in [2.05, 4.69) is 73.2 Å². The topological polar surface area (TPSA) is 21.3 Å². The van der Waals surface area contributed by atoms with E-state index < -0.39 is 0 Å². The molecule has 20 heavy (non-hydrogen) atoms. The van der Waals surface area contributed by atoms with Crippen LogP contribution in [0, 0.1) is 5.92 Å². The first-order valence-electron chi connectivity index (χ1n) is 7.57.